The predicted molar refractivity (Wildman–Crippen MR) is 58.3 cm³/mol. The van der Waals surface area contributed by atoms with Gasteiger partial charge < -0.3 is 4.79 Å². The molecular weight excluding hydrogens is 247 g/mol. The Morgan fingerprint density at radius 1 is 1.36 bits per heavy atom. The molecule has 14 heavy (non-hydrogen) atoms. The highest BCUT2D eigenvalue weighted by atomic mass is 79.9. The van der Waals surface area contributed by atoms with Crippen LogP contribution in [-0.2, 0) is 10.5 Å². The normalized spacial score (nSPS) is 13.7. The SMILES string of the molecule is CC(C)(F)c1ccc(C(Br)C=O)cc1. The lowest BCUT2D eigenvalue weighted by molar-refractivity contribution is -0.107. The number of aldehydes is 1. The van der Waals surface area contributed by atoms with Gasteiger partial charge in [0.1, 0.15) is 12.0 Å². The molecule has 1 aromatic rings. The van der Waals surface area contributed by atoms with Gasteiger partial charge in [0.05, 0.1) is 4.83 Å². The third-order valence-electron chi connectivity index (χ3n) is 2.04. The molecule has 0 saturated heterocycles. The maximum absolute atomic E-state index is 13.5. The van der Waals surface area contributed by atoms with Gasteiger partial charge in [-0.05, 0) is 25.0 Å². The van der Waals surface area contributed by atoms with Crippen LogP contribution in [0.1, 0.15) is 29.8 Å². The van der Waals surface area contributed by atoms with Gasteiger partial charge in [-0.1, -0.05) is 40.2 Å². The van der Waals surface area contributed by atoms with Crippen LogP contribution in [0.2, 0.25) is 0 Å². The van der Waals surface area contributed by atoms with E-state index in [1.165, 1.54) is 13.8 Å². The first-order valence-electron chi connectivity index (χ1n) is 4.34. The molecule has 1 nitrogen and oxygen atoms in total. The second-order valence-corrected chi connectivity index (χ2v) is 4.62. The van der Waals surface area contributed by atoms with Crippen LogP contribution < -0.4 is 0 Å². The van der Waals surface area contributed by atoms with Gasteiger partial charge in [0, 0.05) is 0 Å². The zero-order chi connectivity index (χ0) is 10.8. The summed E-state index contributed by atoms with van der Waals surface area (Å²) in [5.74, 6) is 0. The van der Waals surface area contributed by atoms with E-state index >= 15 is 0 Å². The van der Waals surface area contributed by atoms with Crippen LogP contribution in [0, 0.1) is 0 Å². The molecule has 0 bridgehead atoms. The molecule has 0 N–H and O–H groups in total. The van der Waals surface area contributed by atoms with E-state index in [0.29, 0.717) is 5.56 Å². The van der Waals surface area contributed by atoms with Crippen molar-refractivity contribution in [3.05, 3.63) is 35.4 Å². The monoisotopic (exact) mass is 258 g/mol. The van der Waals surface area contributed by atoms with Gasteiger partial charge in [-0.15, -0.1) is 0 Å². The highest BCUT2D eigenvalue weighted by Crippen LogP contribution is 2.27. The van der Waals surface area contributed by atoms with Crippen molar-refractivity contribution in [2.24, 2.45) is 0 Å². The first-order valence-corrected chi connectivity index (χ1v) is 5.25. The number of hydrogen-bond acceptors (Lipinski definition) is 1. The lowest BCUT2D eigenvalue weighted by atomic mass is 9.98. The van der Waals surface area contributed by atoms with Gasteiger partial charge in [-0.2, -0.15) is 0 Å². The van der Waals surface area contributed by atoms with E-state index in [9.17, 15) is 9.18 Å². The van der Waals surface area contributed by atoms with E-state index in [1.807, 2.05) is 0 Å². The molecule has 0 aliphatic heterocycles. The average Bonchev–Trinajstić information content (AvgIpc) is 2.15. The fraction of sp³-hybridized carbons (Fsp3) is 0.364. The second-order valence-electron chi connectivity index (χ2n) is 3.63. The molecule has 0 aliphatic carbocycles. The molecule has 0 radical (unpaired) electrons. The third kappa shape index (κ3) is 2.64. The Labute approximate surface area is 91.5 Å². The largest absolute Gasteiger partial charge is 0.302 e. The molecule has 0 fully saturated rings. The number of carbonyl (C=O) groups excluding carboxylic acids is 1. The van der Waals surface area contributed by atoms with Crippen LogP contribution in [0.15, 0.2) is 24.3 Å². The number of carbonyl (C=O) groups is 1. The van der Waals surface area contributed by atoms with Crippen LogP contribution in [0.3, 0.4) is 0 Å². The van der Waals surface area contributed by atoms with Crippen molar-refractivity contribution >= 4 is 22.2 Å². The van der Waals surface area contributed by atoms with Gasteiger partial charge in [0.15, 0.2) is 0 Å². The van der Waals surface area contributed by atoms with E-state index < -0.39 is 5.67 Å². The predicted octanol–water partition coefficient (Wildman–Crippen LogP) is 3.53. The molecule has 1 aromatic carbocycles. The summed E-state index contributed by atoms with van der Waals surface area (Å²) in [5, 5.41) is 0. The van der Waals surface area contributed by atoms with Crippen LogP contribution in [-0.4, -0.2) is 6.29 Å². The van der Waals surface area contributed by atoms with Crippen LogP contribution in [0.4, 0.5) is 4.39 Å². The van der Waals surface area contributed by atoms with Crippen LogP contribution in [0.5, 0.6) is 0 Å². The van der Waals surface area contributed by atoms with Crippen LogP contribution >= 0.6 is 15.9 Å². The number of hydrogen-bond donors (Lipinski definition) is 0. The molecule has 0 saturated carbocycles. The lowest BCUT2D eigenvalue weighted by Crippen LogP contribution is -2.08. The minimum Gasteiger partial charge on any atom is -0.302 e. The van der Waals surface area contributed by atoms with E-state index in [2.05, 4.69) is 15.9 Å². The fourth-order valence-corrected chi connectivity index (χ4v) is 1.45. The first-order chi connectivity index (χ1) is 6.45. The maximum Gasteiger partial charge on any atom is 0.138 e. The van der Waals surface area contributed by atoms with Gasteiger partial charge >= 0.3 is 0 Å². The minimum absolute atomic E-state index is 0.306. The maximum atomic E-state index is 13.5. The molecule has 76 valence electrons. The number of alkyl halides is 2. The fourth-order valence-electron chi connectivity index (χ4n) is 1.14. The van der Waals surface area contributed by atoms with Crippen molar-refractivity contribution in [1.29, 1.82) is 0 Å². The summed E-state index contributed by atoms with van der Waals surface area (Å²) in [6.45, 7) is 3.01. The summed E-state index contributed by atoms with van der Waals surface area (Å²) < 4.78 is 13.5. The van der Waals surface area contributed by atoms with Gasteiger partial charge in [0.2, 0.25) is 0 Å². The zero-order valence-electron chi connectivity index (χ0n) is 8.13. The van der Waals surface area contributed by atoms with Crippen molar-refractivity contribution in [2.75, 3.05) is 0 Å². The Morgan fingerprint density at radius 3 is 2.21 bits per heavy atom. The summed E-state index contributed by atoms with van der Waals surface area (Å²) in [6, 6.07) is 6.91. The van der Waals surface area contributed by atoms with Crippen molar-refractivity contribution in [2.45, 2.75) is 24.3 Å². The topological polar surface area (TPSA) is 17.1 Å². The Balaban J connectivity index is 2.95. The number of rotatable bonds is 3. The second kappa shape index (κ2) is 4.22. The van der Waals surface area contributed by atoms with Crippen molar-refractivity contribution < 1.29 is 9.18 Å². The van der Waals surface area contributed by atoms with Gasteiger partial charge in [-0.3, -0.25) is 0 Å². The van der Waals surface area contributed by atoms with Crippen molar-refractivity contribution in [1.82, 2.24) is 0 Å². The van der Waals surface area contributed by atoms with E-state index in [1.54, 1.807) is 24.3 Å². The molecule has 1 rings (SSSR count). The summed E-state index contributed by atoms with van der Waals surface area (Å²) in [5.41, 5.74) is 0.126. The molecule has 0 amide bonds. The summed E-state index contributed by atoms with van der Waals surface area (Å²) in [4.78, 5) is 10.2. The Kier molecular flexibility index (Phi) is 3.43. The third-order valence-corrected chi connectivity index (χ3v) is 2.78. The highest BCUT2D eigenvalue weighted by molar-refractivity contribution is 9.09. The standard InChI is InChI=1S/C11H12BrFO/c1-11(2,13)9-5-3-8(4-6-9)10(12)7-14/h3-7,10H,1-2H3. The Bertz CT molecular complexity index is 313. The number of benzene rings is 1. The molecule has 0 aliphatic rings. The first kappa shape index (κ1) is 11.4. The molecule has 1 unspecified atom stereocenters. The van der Waals surface area contributed by atoms with Gasteiger partial charge in [0.25, 0.3) is 0 Å². The average molecular weight is 259 g/mol. The summed E-state index contributed by atoms with van der Waals surface area (Å²) in [6.07, 6.45) is 0.801. The van der Waals surface area contributed by atoms with Gasteiger partial charge in [-0.25, -0.2) is 4.39 Å². The molecular formula is C11H12BrFO. The van der Waals surface area contributed by atoms with Crippen molar-refractivity contribution in [3.8, 4) is 0 Å². The van der Waals surface area contributed by atoms with Crippen LogP contribution in [0.25, 0.3) is 0 Å². The number of halogens is 2. The zero-order valence-corrected chi connectivity index (χ0v) is 9.71. The molecule has 3 heteroatoms. The molecule has 0 spiro atoms. The lowest BCUT2D eigenvalue weighted by Gasteiger charge is -2.15. The Hall–Kier alpha value is -0.700. The smallest absolute Gasteiger partial charge is 0.138 e. The quantitative estimate of drug-likeness (QED) is 0.599. The van der Waals surface area contributed by atoms with Crippen molar-refractivity contribution in [3.63, 3.8) is 0 Å². The van der Waals surface area contributed by atoms with E-state index in [-0.39, 0.29) is 4.83 Å². The highest BCUT2D eigenvalue weighted by Gasteiger charge is 2.18. The molecule has 0 heterocycles. The molecule has 1 atom stereocenters. The summed E-state index contributed by atoms with van der Waals surface area (Å²) in [7, 11) is 0. The van der Waals surface area contributed by atoms with E-state index in [4.69, 9.17) is 0 Å². The Morgan fingerprint density at radius 2 is 1.86 bits per heavy atom. The van der Waals surface area contributed by atoms with E-state index in [0.717, 1.165) is 11.8 Å². The summed E-state index contributed by atoms with van der Waals surface area (Å²) >= 11 is 3.20. The molecule has 0 aromatic heterocycles. The minimum atomic E-state index is -1.33.